The third-order valence-electron chi connectivity index (χ3n) is 6.64. The van der Waals surface area contributed by atoms with Crippen LogP contribution in [0.15, 0.2) is 84.9 Å². The van der Waals surface area contributed by atoms with Gasteiger partial charge < -0.3 is 0 Å². The summed E-state index contributed by atoms with van der Waals surface area (Å²) >= 11 is 0. The van der Waals surface area contributed by atoms with Crippen LogP contribution < -0.4 is 0 Å². The SMILES string of the molecule is O=C1CC(c2ccccc2)(c2ccc(C3(c4ccccc4)CC(=O)C3)cc2)C1. The van der Waals surface area contributed by atoms with E-state index in [1.807, 2.05) is 36.4 Å². The predicted molar refractivity (Wildman–Crippen MR) is 109 cm³/mol. The average Bonchev–Trinajstić information content (AvgIpc) is 2.70. The fourth-order valence-electron chi connectivity index (χ4n) is 5.02. The second-order valence-corrected chi connectivity index (χ2v) is 8.26. The Kier molecular flexibility index (Phi) is 3.83. The van der Waals surface area contributed by atoms with Gasteiger partial charge in [0.05, 0.1) is 0 Å². The Morgan fingerprint density at radius 1 is 0.429 bits per heavy atom. The molecule has 2 aliphatic carbocycles. The summed E-state index contributed by atoms with van der Waals surface area (Å²) in [7, 11) is 0. The Bertz CT molecular complexity index is 930. The largest absolute Gasteiger partial charge is 0.300 e. The van der Waals surface area contributed by atoms with Gasteiger partial charge in [0.2, 0.25) is 0 Å². The van der Waals surface area contributed by atoms with Gasteiger partial charge in [-0.15, -0.1) is 0 Å². The molecule has 0 unspecified atom stereocenters. The van der Waals surface area contributed by atoms with Gasteiger partial charge in [0.25, 0.3) is 0 Å². The average molecular weight is 366 g/mol. The van der Waals surface area contributed by atoms with E-state index in [2.05, 4.69) is 48.5 Å². The van der Waals surface area contributed by atoms with Gasteiger partial charge in [0, 0.05) is 36.5 Å². The van der Waals surface area contributed by atoms with Crippen molar-refractivity contribution in [3.8, 4) is 0 Å². The first-order valence-electron chi connectivity index (χ1n) is 9.88. The molecule has 0 aromatic heterocycles. The molecule has 0 radical (unpaired) electrons. The van der Waals surface area contributed by atoms with Crippen LogP contribution in [0, 0.1) is 0 Å². The first kappa shape index (κ1) is 17.1. The van der Waals surface area contributed by atoms with E-state index in [4.69, 9.17) is 0 Å². The van der Waals surface area contributed by atoms with Gasteiger partial charge in [0.1, 0.15) is 11.6 Å². The van der Waals surface area contributed by atoms with Crippen molar-refractivity contribution in [2.24, 2.45) is 0 Å². The number of carbonyl (C=O) groups is 2. The number of hydrogen-bond acceptors (Lipinski definition) is 2. The van der Waals surface area contributed by atoms with Gasteiger partial charge in [-0.1, -0.05) is 84.9 Å². The summed E-state index contributed by atoms with van der Waals surface area (Å²) in [6.07, 6.45) is 2.27. The monoisotopic (exact) mass is 366 g/mol. The fraction of sp³-hybridized carbons (Fsp3) is 0.231. The standard InChI is InChI=1S/C26H22O2/c27-23-15-25(16-23,19-7-3-1-4-8-19)21-11-13-22(14-12-21)26(17-24(28)18-26)20-9-5-2-6-10-20/h1-14H,15-18H2. The molecule has 2 fully saturated rings. The van der Waals surface area contributed by atoms with E-state index in [-0.39, 0.29) is 10.8 Å². The van der Waals surface area contributed by atoms with Crippen molar-refractivity contribution >= 4 is 11.6 Å². The van der Waals surface area contributed by atoms with E-state index in [9.17, 15) is 9.59 Å². The van der Waals surface area contributed by atoms with Crippen LogP contribution >= 0.6 is 0 Å². The highest BCUT2D eigenvalue weighted by Crippen LogP contribution is 2.50. The smallest absolute Gasteiger partial charge is 0.135 e. The van der Waals surface area contributed by atoms with Crippen molar-refractivity contribution in [1.29, 1.82) is 0 Å². The molecule has 2 saturated carbocycles. The zero-order valence-corrected chi connectivity index (χ0v) is 15.7. The molecule has 3 aromatic carbocycles. The highest BCUT2D eigenvalue weighted by Gasteiger charge is 2.48. The molecule has 0 spiro atoms. The summed E-state index contributed by atoms with van der Waals surface area (Å²) in [5, 5.41) is 0. The maximum absolute atomic E-state index is 11.9. The van der Waals surface area contributed by atoms with E-state index in [0.717, 1.165) is 0 Å². The molecule has 0 saturated heterocycles. The Morgan fingerprint density at radius 2 is 0.714 bits per heavy atom. The van der Waals surface area contributed by atoms with E-state index in [1.54, 1.807) is 0 Å². The molecule has 2 nitrogen and oxygen atoms in total. The van der Waals surface area contributed by atoms with Crippen LogP contribution in [0.25, 0.3) is 0 Å². The molecule has 0 aliphatic heterocycles. The van der Waals surface area contributed by atoms with Crippen molar-refractivity contribution in [2.75, 3.05) is 0 Å². The van der Waals surface area contributed by atoms with Crippen LogP contribution in [-0.2, 0) is 20.4 Å². The second-order valence-electron chi connectivity index (χ2n) is 8.26. The summed E-state index contributed by atoms with van der Waals surface area (Å²) in [6, 6.07) is 29.3. The lowest BCUT2D eigenvalue weighted by molar-refractivity contribution is -0.128. The highest BCUT2D eigenvalue weighted by atomic mass is 16.1. The van der Waals surface area contributed by atoms with Gasteiger partial charge >= 0.3 is 0 Å². The van der Waals surface area contributed by atoms with Gasteiger partial charge in [0.15, 0.2) is 0 Å². The molecule has 0 amide bonds. The Morgan fingerprint density at radius 3 is 1.00 bits per heavy atom. The summed E-state index contributed by atoms with van der Waals surface area (Å²) in [6.45, 7) is 0. The summed E-state index contributed by atoms with van der Waals surface area (Å²) < 4.78 is 0. The minimum absolute atomic E-state index is 0.202. The minimum Gasteiger partial charge on any atom is -0.300 e. The predicted octanol–water partition coefficient (Wildman–Crippen LogP) is 4.98. The zero-order chi connectivity index (χ0) is 19.2. The minimum atomic E-state index is -0.202. The second kappa shape index (κ2) is 6.27. The molecule has 5 rings (SSSR count). The molecule has 3 aromatic rings. The summed E-state index contributed by atoms with van der Waals surface area (Å²) in [5.74, 6) is 0.636. The van der Waals surface area contributed by atoms with Gasteiger partial charge in [-0.25, -0.2) is 0 Å². The number of hydrogen-bond donors (Lipinski definition) is 0. The summed E-state index contributed by atoms with van der Waals surface area (Å²) in [5.41, 5.74) is 4.39. The number of ketones is 2. The van der Waals surface area contributed by atoms with Crippen molar-refractivity contribution in [3.05, 3.63) is 107 Å². The lowest BCUT2D eigenvalue weighted by Gasteiger charge is -2.44. The first-order chi connectivity index (χ1) is 13.6. The van der Waals surface area contributed by atoms with Crippen LogP contribution in [-0.4, -0.2) is 11.6 Å². The third kappa shape index (κ3) is 2.48. The molecule has 0 N–H and O–H groups in total. The summed E-state index contributed by atoms with van der Waals surface area (Å²) in [4.78, 5) is 23.9. The molecule has 28 heavy (non-hydrogen) atoms. The molecule has 2 heteroatoms. The van der Waals surface area contributed by atoms with Gasteiger partial charge in [-0.3, -0.25) is 9.59 Å². The molecule has 0 heterocycles. The van der Waals surface area contributed by atoms with Crippen molar-refractivity contribution in [3.63, 3.8) is 0 Å². The number of benzene rings is 3. The number of rotatable bonds is 4. The van der Waals surface area contributed by atoms with Gasteiger partial charge in [-0.05, 0) is 22.3 Å². The zero-order valence-electron chi connectivity index (χ0n) is 15.7. The Labute approximate surface area is 165 Å². The normalized spacial score (nSPS) is 19.6. The van der Waals surface area contributed by atoms with Crippen LogP contribution in [0.5, 0.6) is 0 Å². The van der Waals surface area contributed by atoms with E-state index in [1.165, 1.54) is 22.3 Å². The first-order valence-corrected chi connectivity index (χ1v) is 9.88. The van der Waals surface area contributed by atoms with Crippen molar-refractivity contribution < 1.29 is 9.59 Å². The third-order valence-corrected chi connectivity index (χ3v) is 6.64. The highest BCUT2D eigenvalue weighted by molar-refractivity contribution is 5.91. The lowest BCUT2D eigenvalue weighted by atomic mass is 9.58. The van der Waals surface area contributed by atoms with E-state index >= 15 is 0 Å². The molecular weight excluding hydrogens is 344 g/mol. The maximum atomic E-state index is 11.9. The molecule has 138 valence electrons. The number of Topliss-reactive ketones (excluding diaryl/α,β-unsaturated/α-hetero) is 2. The van der Waals surface area contributed by atoms with Crippen LogP contribution in [0.2, 0.25) is 0 Å². The maximum Gasteiger partial charge on any atom is 0.135 e. The topological polar surface area (TPSA) is 34.1 Å². The van der Waals surface area contributed by atoms with Crippen molar-refractivity contribution in [2.45, 2.75) is 36.5 Å². The van der Waals surface area contributed by atoms with Crippen LogP contribution in [0.4, 0.5) is 0 Å². The Hall–Kier alpha value is -3.00. The van der Waals surface area contributed by atoms with E-state index < -0.39 is 0 Å². The quantitative estimate of drug-likeness (QED) is 0.652. The molecule has 0 bridgehead atoms. The number of carbonyl (C=O) groups excluding carboxylic acids is 2. The van der Waals surface area contributed by atoms with Crippen LogP contribution in [0.1, 0.15) is 47.9 Å². The molecule has 0 atom stereocenters. The van der Waals surface area contributed by atoms with Gasteiger partial charge in [-0.2, -0.15) is 0 Å². The van der Waals surface area contributed by atoms with E-state index in [0.29, 0.717) is 37.2 Å². The fourth-order valence-corrected chi connectivity index (χ4v) is 5.02. The lowest BCUT2D eigenvalue weighted by Crippen LogP contribution is -2.44. The van der Waals surface area contributed by atoms with Crippen LogP contribution in [0.3, 0.4) is 0 Å². The molecular formula is C26H22O2. The molecule has 2 aliphatic rings. The van der Waals surface area contributed by atoms with Crippen molar-refractivity contribution in [1.82, 2.24) is 0 Å². The Balaban J connectivity index is 1.54.